The summed E-state index contributed by atoms with van der Waals surface area (Å²) in [5.74, 6) is 0.874. The summed E-state index contributed by atoms with van der Waals surface area (Å²) in [5.41, 5.74) is 3.75. The van der Waals surface area contributed by atoms with Gasteiger partial charge in [-0.25, -0.2) is 4.39 Å². The quantitative estimate of drug-likeness (QED) is 0.480. The molecule has 0 fully saturated rings. The van der Waals surface area contributed by atoms with E-state index in [0.717, 1.165) is 16.7 Å². The fraction of sp³-hybridized carbons (Fsp3) is 0.130. The number of fused-ring (bicyclic) bond motifs is 1. The highest BCUT2D eigenvalue weighted by Gasteiger charge is 2.11. The Balaban J connectivity index is 1.57. The van der Waals surface area contributed by atoms with Gasteiger partial charge in [-0.15, -0.1) is 0 Å². The van der Waals surface area contributed by atoms with E-state index >= 15 is 0 Å². The van der Waals surface area contributed by atoms with Crippen LogP contribution >= 0.6 is 0 Å². The summed E-state index contributed by atoms with van der Waals surface area (Å²) in [6.45, 7) is 0.455. The molecule has 150 valence electrons. The number of ether oxygens (including phenoxy) is 2. The van der Waals surface area contributed by atoms with Crippen LogP contribution in [-0.4, -0.2) is 19.2 Å². The maximum atomic E-state index is 13.6. The second-order valence-corrected chi connectivity index (χ2v) is 6.54. The number of nitrogens with one attached hydrogen (secondary N) is 1. The molecule has 0 saturated heterocycles. The van der Waals surface area contributed by atoms with Crippen molar-refractivity contribution >= 4 is 17.1 Å². The molecule has 3 aromatic carbocycles. The standard InChI is InChI=1S/C23H18FN3O3/c1-28-18-6-3-16(22(11-18)29-2)13-26-23-27-20-10-15(5-8-21(20)30-23)14-4-7-19(24)17(9-14)12-25/h3-11H,13H2,1-2H3,(H,26,27). The number of nitrogens with zero attached hydrogens (tertiary/aromatic N) is 2. The third-order valence-electron chi connectivity index (χ3n) is 4.73. The third-order valence-corrected chi connectivity index (χ3v) is 4.73. The zero-order valence-electron chi connectivity index (χ0n) is 16.4. The van der Waals surface area contributed by atoms with Crippen LogP contribution in [0.3, 0.4) is 0 Å². The van der Waals surface area contributed by atoms with E-state index in [9.17, 15) is 4.39 Å². The molecule has 1 heterocycles. The molecule has 1 N–H and O–H groups in total. The van der Waals surface area contributed by atoms with Crippen LogP contribution in [0.4, 0.5) is 10.4 Å². The van der Waals surface area contributed by atoms with Crippen molar-refractivity contribution in [2.24, 2.45) is 0 Å². The second-order valence-electron chi connectivity index (χ2n) is 6.54. The number of oxazole rings is 1. The van der Waals surface area contributed by atoms with Crippen LogP contribution in [-0.2, 0) is 6.54 Å². The van der Waals surface area contributed by atoms with Crippen molar-refractivity contribution in [3.63, 3.8) is 0 Å². The Hall–Kier alpha value is -4.05. The molecule has 0 aliphatic carbocycles. The number of hydrogen-bond acceptors (Lipinski definition) is 6. The molecule has 0 saturated carbocycles. The zero-order chi connectivity index (χ0) is 21.1. The number of nitriles is 1. The van der Waals surface area contributed by atoms with Crippen LogP contribution in [0.2, 0.25) is 0 Å². The molecule has 7 heteroatoms. The molecule has 4 rings (SSSR count). The van der Waals surface area contributed by atoms with Crippen molar-refractivity contribution < 1.29 is 18.3 Å². The molecule has 6 nitrogen and oxygen atoms in total. The van der Waals surface area contributed by atoms with Gasteiger partial charge in [0.05, 0.1) is 19.8 Å². The maximum absolute atomic E-state index is 13.6. The van der Waals surface area contributed by atoms with Gasteiger partial charge >= 0.3 is 0 Å². The van der Waals surface area contributed by atoms with E-state index in [1.807, 2.05) is 36.4 Å². The van der Waals surface area contributed by atoms with E-state index in [4.69, 9.17) is 19.2 Å². The summed E-state index contributed by atoms with van der Waals surface area (Å²) in [5, 5.41) is 12.2. The lowest BCUT2D eigenvalue weighted by atomic mass is 10.0. The van der Waals surface area contributed by atoms with Gasteiger partial charge in [-0.05, 0) is 47.5 Å². The van der Waals surface area contributed by atoms with E-state index in [-0.39, 0.29) is 5.56 Å². The first-order valence-corrected chi connectivity index (χ1v) is 9.16. The first-order valence-electron chi connectivity index (χ1n) is 9.16. The van der Waals surface area contributed by atoms with Gasteiger partial charge in [0.25, 0.3) is 6.01 Å². The van der Waals surface area contributed by atoms with E-state index < -0.39 is 5.82 Å². The minimum atomic E-state index is -0.538. The Morgan fingerprint density at radius 1 is 1.03 bits per heavy atom. The number of methoxy groups -OCH3 is 2. The molecule has 0 radical (unpaired) electrons. The molecular formula is C23H18FN3O3. The number of halogens is 1. The monoisotopic (exact) mass is 403 g/mol. The summed E-state index contributed by atoms with van der Waals surface area (Å²) < 4.78 is 30.0. The fourth-order valence-electron chi connectivity index (χ4n) is 3.14. The molecule has 0 aliphatic heterocycles. The van der Waals surface area contributed by atoms with Gasteiger partial charge in [-0.2, -0.15) is 10.2 Å². The average molecular weight is 403 g/mol. The van der Waals surface area contributed by atoms with Crippen LogP contribution in [0.1, 0.15) is 11.1 Å². The summed E-state index contributed by atoms with van der Waals surface area (Å²) in [4.78, 5) is 4.48. The van der Waals surface area contributed by atoms with Gasteiger partial charge in [0.1, 0.15) is 28.9 Å². The Kier molecular flexibility index (Phi) is 5.22. The van der Waals surface area contributed by atoms with Crippen LogP contribution in [0.25, 0.3) is 22.2 Å². The second kappa shape index (κ2) is 8.13. The third kappa shape index (κ3) is 3.76. The number of hydrogen-bond donors (Lipinski definition) is 1. The SMILES string of the molecule is COc1ccc(CNc2nc3cc(-c4ccc(F)c(C#N)c4)ccc3o2)c(OC)c1. The minimum absolute atomic E-state index is 0.00328. The van der Waals surface area contributed by atoms with Gasteiger partial charge in [0.15, 0.2) is 5.58 Å². The van der Waals surface area contributed by atoms with Crippen molar-refractivity contribution in [1.29, 1.82) is 5.26 Å². The summed E-state index contributed by atoms with van der Waals surface area (Å²) in [6.07, 6.45) is 0. The predicted molar refractivity (Wildman–Crippen MR) is 111 cm³/mol. The van der Waals surface area contributed by atoms with Crippen molar-refractivity contribution in [2.45, 2.75) is 6.54 Å². The Morgan fingerprint density at radius 3 is 2.60 bits per heavy atom. The largest absolute Gasteiger partial charge is 0.497 e. The lowest BCUT2D eigenvalue weighted by Crippen LogP contribution is -2.02. The lowest BCUT2D eigenvalue weighted by Gasteiger charge is -2.10. The summed E-state index contributed by atoms with van der Waals surface area (Å²) >= 11 is 0. The lowest BCUT2D eigenvalue weighted by molar-refractivity contribution is 0.391. The Morgan fingerprint density at radius 2 is 1.83 bits per heavy atom. The van der Waals surface area contributed by atoms with Gasteiger partial charge in [-0.1, -0.05) is 12.1 Å². The van der Waals surface area contributed by atoms with Crippen molar-refractivity contribution in [1.82, 2.24) is 4.98 Å². The highest BCUT2D eigenvalue weighted by molar-refractivity contribution is 5.81. The topological polar surface area (TPSA) is 80.3 Å². The van der Waals surface area contributed by atoms with Crippen molar-refractivity contribution in [3.05, 3.63) is 71.5 Å². The van der Waals surface area contributed by atoms with Crippen LogP contribution in [0, 0.1) is 17.1 Å². The number of rotatable bonds is 6. The Bertz CT molecular complexity index is 1260. The normalized spacial score (nSPS) is 10.6. The van der Waals surface area contributed by atoms with E-state index in [2.05, 4.69) is 10.3 Å². The molecule has 0 unspecified atom stereocenters. The highest BCUT2D eigenvalue weighted by atomic mass is 19.1. The smallest absolute Gasteiger partial charge is 0.295 e. The summed E-state index contributed by atoms with van der Waals surface area (Å²) in [6, 6.07) is 17.7. The molecule has 1 aromatic heterocycles. The zero-order valence-corrected chi connectivity index (χ0v) is 16.4. The molecule has 4 aromatic rings. The fourth-order valence-corrected chi connectivity index (χ4v) is 3.14. The van der Waals surface area contributed by atoms with Gasteiger partial charge < -0.3 is 19.2 Å². The van der Waals surface area contributed by atoms with Crippen LogP contribution < -0.4 is 14.8 Å². The first kappa shape index (κ1) is 19.3. The van der Waals surface area contributed by atoms with Crippen LogP contribution in [0.5, 0.6) is 11.5 Å². The predicted octanol–water partition coefficient (Wildman–Crippen LogP) is 5.13. The first-order chi connectivity index (χ1) is 14.6. The average Bonchev–Trinajstić information content (AvgIpc) is 3.20. The molecule has 0 bridgehead atoms. The molecular weight excluding hydrogens is 385 g/mol. The number of anilines is 1. The molecule has 0 atom stereocenters. The van der Waals surface area contributed by atoms with Crippen molar-refractivity contribution in [2.75, 3.05) is 19.5 Å². The number of benzene rings is 3. The van der Waals surface area contributed by atoms with Crippen molar-refractivity contribution in [3.8, 4) is 28.7 Å². The molecule has 0 aliphatic rings. The minimum Gasteiger partial charge on any atom is -0.497 e. The van der Waals surface area contributed by atoms with E-state index in [1.54, 1.807) is 26.4 Å². The maximum Gasteiger partial charge on any atom is 0.295 e. The molecule has 0 amide bonds. The van der Waals surface area contributed by atoms with E-state index in [1.165, 1.54) is 12.1 Å². The number of aromatic nitrogens is 1. The Labute approximate surface area is 172 Å². The molecule has 0 spiro atoms. The summed E-state index contributed by atoms with van der Waals surface area (Å²) in [7, 11) is 3.21. The molecule has 30 heavy (non-hydrogen) atoms. The van der Waals surface area contributed by atoms with Gasteiger partial charge in [0.2, 0.25) is 0 Å². The highest BCUT2D eigenvalue weighted by Crippen LogP contribution is 2.29. The van der Waals surface area contributed by atoms with E-state index in [0.29, 0.717) is 35.2 Å². The van der Waals surface area contributed by atoms with Gasteiger partial charge in [0, 0.05) is 18.2 Å². The van der Waals surface area contributed by atoms with Crippen LogP contribution in [0.15, 0.2) is 59.0 Å². The van der Waals surface area contributed by atoms with Gasteiger partial charge in [-0.3, -0.25) is 0 Å².